The Balaban J connectivity index is 2.43. The second kappa shape index (κ2) is 4.62. The third-order valence-corrected chi connectivity index (χ3v) is 4.01. The Hall–Kier alpha value is -1.39. The summed E-state index contributed by atoms with van der Waals surface area (Å²) in [6.45, 7) is 4.22. The van der Waals surface area contributed by atoms with Gasteiger partial charge in [0.05, 0.1) is 16.7 Å². The van der Waals surface area contributed by atoms with E-state index in [0.29, 0.717) is 0 Å². The zero-order chi connectivity index (χ0) is 13.6. The maximum Gasteiger partial charge on any atom is 0.182 e. The summed E-state index contributed by atoms with van der Waals surface area (Å²) >= 11 is 9.02. The number of aryl methyl sites for hydroxylation is 2. The Morgan fingerprint density at radius 2 is 1.74 bits per heavy atom. The summed E-state index contributed by atoms with van der Waals surface area (Å²) in [5.74, 6) is 0. The number of H-pyrrole nitrogens is 1. The topological polar surface area (TPSA) is 20.7 Å². The van der Waals surface area contributed by atoms with Gasteiger partial charge in [0.25, 0.3) is 0 Å². The van der Waals surface area contributed by atoms with E-state index in [1.54, 1.807) is 0 Å². The number of imidazole rings is 1. The van der Waals surface area contributed by atoms with Crippen molar-refractivity contribution in [2.24, 2.45) is 0 Å². The molecule has 1 heterocycles. The minimum atomic E-state index is 0.731. The van der Waals surface area contributed by atoms with E-state index >= 15 is 0 Å². The first-order valence-electron chi connectivity index (χ1n) is 6.05. The fraction of sp³-hybridized carbons (Fsp3) is 0.133. The molecule has 19 heavy (non-hydrogen) atoms. The van der Waals surface area contributed by atoms with Crippen LogP contribution in [-0.2, 0) is 0 Å². The zero-order valence-corrected chi connectivity index (χ0v) is 13.1. The molecule has 0 fully saturated rings. The van der Waals surface area contributed by atoms with Gasteiger partial charge in [0.2, 0.25) is 0 Å². The van der Waals surface area contributed by atoms with Crippen molar-refractivity contribution in [2.45, 2.75) is 13.8 Å². The SMILES string of the molecule is Cc1cc(Br)cc(C)c1-n1c(=S)[nH]c2ccccc21. The number of nitrogens with zero attached hydrogens (tertiary/aromatic N) is 1. The lowest BCUT2D eigenvalue weighted by atomic mass is 10.1. The van der Waals surface area contributed by atoms with Gasteiger partial charge in [-0.15, -0.1) is 0 Å². The molecule has 0 atom stereocenters. The Morgan fingerprint density at radius 1 is 1.11 bits per heavy atom. The number of benzene rings is 2. The number of para-hydroxylation sites is 2. The standard InChI is InChI=1S/C15H13BrN2S/c1-9-7-11(16)8-10(2)14(9)18-13-6-4-3-5-12(13)17-15(18)19/h3-8H,1-2H3,(H,17,19). The number of aromatic amines is 1. The molecule has 0 aliphatic rings. The lowest BCUT2D eigenvalue weighted by Gasteiger charge is -2.12. The van der Waals surface area contributed by atoms with Crippen molar-refractivity contribution in [3.63, 3.8) is 0 Å². The first kappa shape index (κ1) is 12.6. The number of fused-ring (bicyclic) bond motifs is 1. The zero-order valence-electron chi connectivity index (χ0n) is 10.7. The highest BCUT2D eigenvalue weighted by atomic mass is 79.9. The van der Waals surface area contributed by atoms with E-state index in [1.807, 2.05) is 18.2 Å². The van der Waals surface area contributed by atoms with Gasteiger partial charge in [0.15, 0.2) is 4.77 Å². The van der Waals surface area contributed by atoms with Gasteiger partial charge < -0.3 is 4.98 Å². The molecule has 0 bridgehead atoms. The van der Waals surface area contributed by atoms with Crippen molar-refractivity contribution in [1.82, 2.24) is 9.55 Å². The quantitative estimate of drug-likeness (QED) is 0.617. The summed E-state index contributed by atoms with van der Waals surface area (Å²) in [7, 11) is 0. The van der Waals surface area contributed by atoms with E-state index in [9.17, 15) is 0 Å². The van der Waals surface area contributed by atoms with E-state index < -0.39 is 0 Å². The minimum Gasteiger partial charge on any atom is -0.330 e. The molecule has 3 aromatic rings. The Morgan fingerprint density at radius 3 is 2.42 bits per heavy atom. The lowest BCUT2D eigenvalue weighted by molar-refractivity contribution is 1.03. The van der Waals surface area contributed by atoms with Crippen molar-refractivity contribution in [3.05, 3.63) is 56.8 Å². The third kappa shape index (κ3) is 2.05. The van der Waals surface area contributed by atoms with Gasteiger partial charge in [-0.25, -0.2) is 0 Å². The van der Waals surface area contributed by atoms with E-state index in [0.717, 1.165) is 26.0 Å². The second-order valence-corrected chi connectivity index (χ2v) is 5.97. The van der Waals surface area contributed by atoms with Crippen LogP contribution in [0.4, 0.5) is 0 Å². The Bertz CT molecular complexity index is 807. The maximum atomic E-state index is 5.48. The van der Waals surface area contributed by atoms with Gasteiger partial charge in [-0.3, -0.25) is 4.57 Å². The number of hydrogen-bond acceptors (Lipinski definition) is 1. The summed E-state index contributed by atoms with van der Waals surface area (Å²) < 4.78 is 3.94. The number of hydrogen-bond donors (Lipinski definition) is 1. The largest absolute Gasteiger partial charge is 0.330 e. The highest BCUT2D eigenvalue weighted by Crippen LogP contribution is 2.27. The molecule has 2 aromatic carbocycles. The van der Waals surface area contributed by atoms with Crippen molar-refractivity contribution in [1.29, 1.82) is 0 Å². The summed E-state index contributed by atoms with van der Waals surface area (Å²) in [4.78, 5) is 3.26. The fourth-order valence-corrected chi connectivity index (χ4v) is 3.52. The number of halogens is 1. The molecule has 3 rings (SSSR count). The Labute approximate surface area is 125 Å². The van der Waals surface area contributed by atoms with Gasteiger partial charge >= 0.3 is 0 Å². The third-order valence-electron chi connectivity index (χ3n) is 3.27. The van der Waals surface area contributed by atoms with E-state index in [1.165, 1.54) is 11.1 Å². The molecule has 1 N–H and O–H groups in total. The molecule has 0 saturated carbocycles. The van der Waals surface area contributed by atoms with Crippen LogP contribution in [0, 0.1) is 18.6 Å². The highest BCUT2D eigenvalue weighted by molar-refractivity contribution is 9.10. The minimum absolute atomic E-state index is 0.731. The number of rotatable bonds is 1. The van der Waals surface area contributed by atoms with E-state index in [-0.39, 0.29) is 0 Å². The molecule has 0 aliphatic heterocycles. The van der Waals surface area contributed by atoms with Crippen LogP contribution in [0.2, 0.25) is 0 Å². The molecule has 0 amide bonds. The molecular weight excluding hydrogens is 320 g/mol. The summed E-state index contributed by atoms with van der Waals surface area (Å²) in [5, 5.41) is 0. The molecule has 1 aromatic heterocycles. The molecule has 0 radical (unpaired) electrons. The van der Waals surface area contributed by atoms with Crippen LogP contribution < -0.4 is 0 Å². The van der Waals surface area contributed by atoms with Crippen LogP contribution >= 0.6 is 28.1 Å². The highest BCUT2D eigenvalue weighted by Gasteiger charge is 2.11. The maximum absolute atomic E-state index is 5.48. The average Bonchev–Trinajstić information content (AvgIpc) is 2.65. The first-order valence-corrected chi connectivity index (χ1v) is 7.25. The van der Waals surface area contributed by atoms with Crippen LogP contribution in [0.5, 0.6) is 0 Å². The van der Waals surface area contributed by atoms with E-state index in [4.69, 9.17) is 12.2 Å². The van der Waals surface area contributed by atoms with Crippen LogP contribution in [0.25, 0.3) is 16.7 Å². The van der Waals surface area contributed by atoms with Gasteiger partial charge in [-0.1, -0.05) is 28.1 Å². The summed E-state index contributed by atoms with van der Waals surface area (Å²) in [5.41, 5.74) is 5.74. The van der Waals surface area contributed by atoms with E-state index in [2.05, 4.69) is 57.5 Å². The molecule has 2 nitrogen and oxygen atoms in total. The van der Waals surface area contributed by atoms with Crippen molar-refractivity contribution >= 4 is 39.2 Å². The van der Waals surface area contributed by atoms with Gasteiger partial charge in [0, 0.05) is 4.47 Å². The van der Waals surface area contributed by atoms with Crippen molar-refractivity contribution in [3.8, 4) is 5.69 Å². The average molecular weight is 333 g/mol. The molecule has 0 saturated heterocycles. The molecule has 0 spiro atoms. The van der Waals surface area contributed by atoms with Gasteiger partial charge in [-0.2, -0.15) is 0 Å². The number of nitrogens with one attached hydrogen (secondary N) is 1. The predicted molar refractivity (Wildman–Crippen MR) is 85.6 cm³/mol. The molecule has 4 heteroatoms. The Kier molecular flexibility index (Phi) is 3.07. The predicted octanol–water partition coefficient (Wildman–Crippen LogP) is 5.07. The van der Waals surface area contributed by atoms with Crippen molar-refractivity contribution < 1.29 is 0 Å². The summed E-state index contributed by atoms with van der Waals surface area (Å²) in [6, 6.07) is 12.4. The van der Waals surface area contributed by atoms with Gasteiger partial charge in [-0.05, 0) is 61.5 Å². The smallest absolute Gasteiger partial charge is 0.182 e. The van der Waals surface area contributed by atoms with Crippen molar-refractivity contribution in [2.75, 3.05) is 0 Å². The van der Waals surface area contributed by atoms with Crippen LogP contribution in [-0.4, -0.2) is 9.55 Å². The van der Waals surface area contributed by atoms with Crippen LogP contribution in [0.3, 0.4) is 0 Å². The molecular formula is C15H13BrN2S. The normalized spacial score (nSPS) is 11.1. The van der Waals surface area contributed by atoms with Crippen LogP contribution in [0.15, 0.2) is 40.9 Å². The van der Waals surface area contributed by atoms with Gasteiger partial charge in [0.1, 0.15) is 0 Å². The molecule has 96 valence electrons. The first-order chi connectivity index (χ1) is 9.08. The second-order valence-electron chi connectivity index (χ2n) is 4.67. The molecule has 0 unspecified atom stereocenters. The fourth-order valence-electron chi connectivity index (χ4n) is 2.53. The number of aromatic nitrogens is 2. The molecule has 0 aliphatic carbocycles. The lowest BCUT2D eigenvalue weighted by Crippen LogP contribution is -2.00. The summed E-state index contributed by atoms with van der Waals surface area (Å²) in [6.07, 6.45) is 0. The van der Waals surface area contributed by atoms with Crippen LogP contribution in [0.1, 0.15) is 11.1 Å². The monoisotopic (exact) mass is 332 g/mol.